The van der Waals surface area contributed by atoms with E-state index in [-0.39, 0.29) is 0 Å². The minimum Gasteiger partial charge on any atom is -0.423 e. The zero-order valence-electron chi connectivity index (χ0n) is 18.2. The van der Waals surface area contributed by atoms with Crippen LogP contribution in [0.2, 0.25) is 0 Å². The number of nitrogens with one attached hydrogen (secondary N) is 1. The number of hydrogen-bond donors (Lipinski definition) is 4. The van der Waals surface area contributed by atoms with E-state index in [1.165, 1.54) is 0 Å². The number of anilines is 1. The molecule has 8 nitrogen and oxygen atoms in total. The maximum absolute atomic E-state index is 11.9. The number of aromatic nitrogens is 3. The first-order valence-electron chi connectivity index (χ1n) is 10.9. The molecule has 2 aromatic heterocycles. The fraction of sp³-hybridized carbons (Fsp3) is 0.208. The van der Waals surface area contributed by atoms with Gasteiger partial charge in [0.1, 0.15) is 5.82 Å². The van der Waals surface area contributed by atoms with Crippen LogP contribution in [0.4, 0.5) is 5.82 Å². The maximum Gasteiger partial charge on any atom is 0.488 e. The van der Waals surface area contributed by atoms with Crippen LogP contribution in [0.1, 0.15) is 33.6 Å². The van der Waals surface area contributed by atoms with Crippen molar-refractivity contribution in [1.29, 1.82) is 0 Å². The number of nitrogens with zero attached hydrogens (tertiary/aromatic N) is 3. The molecule has 0 atom stereocenters. The molecule has 5 N–H and O–H groups in total. The highest BCUT2D eigenvalue weighted by molar-refractivity contribution is 6.58. The number of nitrogens with two attached hydrogens (primary N) is 1. The minimum absolute atomic E-state index is 0.448. The molecule has 2 aromatic carbocycles. The molecule has 1 amide bonds. The quantitative estimate of drug-likeness (QED) is 0.336. The predicted molar refractivity (Wildman–Crippen MR) is 128 cm³/mol. The molecule has 1 aliphatic carbocycles. The van der Waals surface area contributed by atoms with Gasteiger partial charge in [0, 0.05) is 47.4 Å². The van der Waals surface area contributed by atoms with Crippen molar-refractivity contribution in [2.75, 3.05) is 5.32 Å². The van der Waals surface area contributed by atoms with E-state index in [1.54, 1.807) is 24.3 Å². The lowest BCUT2D eigenvalue weighted by Crippen LogP contribution is -2.30. The van der Waals surface area contributed by atoms with Crippen LogP contribution >= 0.6 is 0 Å². The summed E-state index contributed by atoms with van der Waals surface area (Å²) in [5.41, 5.74) is 10.4. The largest absolute Gasteiger partial charge is 0.488 e. The Labute approximate surface area is 191 Å². The lowest BCUT2D eigenvalue weighted by molar-refractivity contribution is 0.100. The Morgan fingerprint density at radius 2 is 1.97 bits per heavy atom. The number of carbonyl (C=O) groups is 1. The minimum atomic E-state index is -1.50. The lowest BCUT2D eigenvalue weighted by atomic mass is 9.79. The summed E-state index contributed by atoms with van der Waals surface area (Å²) in [6.45, 7) is 0.489. The first-order valence-corrected chi connectivity index (χ1v) is 10.9. The van der Waals surface area contributed by atoms with Crippen molar-refractivity contribution < 1.29 is 14.8 Å². The zero-order chi connectivity index (χ0) is 23.1. The first kappa shape index (κ1) is 21.2. The summed E-state index contributed by atoms with van der Waals surface area (Å²) in [6, 6.07) is 12.7. The number of carbonyl (C=O) groups excluding carboxylic acids is 1. The van der Waals surface area contributed by atoms with Crippen molar-refractivity contribution in [2.45, 2.75) is 25.8 Å². The van der Waals surface area contributed by atoms with Crippen LogP contribution in [-0.2, 0) is 26.4 Å². The number of fused-ring (bicyclic) bond motifs is 2. The molecule has 33 heavy (non-hydrogen) atoms. The highest BCUT2D eigenvalue weighted by atomic mass is 16.4. The molecule has 0 spiro atoms. The molecule has 0 radical (unpaired) electrons. The summed E-state index contributed by atoms with van der Waals surface area (Å²) >= 11 is 0. The molecule has 4 aromatic rings. The molecule has 0 saturated heterocycles. The van der Waals surface area contributed by atoms with Crippen LogP contribution < -0.4 is 16.5 Å². The number of primary amides is 1. The second-order valence-electron chi connectivity index (χ2n) is 8.37. The van der Waals surface area contributed by atoms with Gasteiger partial charge >= 0.3 is 7.12 Å². The number of rotatable bonds is 6. The normalized spacial score (nSPS) is 12.7. The molecule has 0 aliphatic heterocycles. The van der Waals surface area contributed by atoms with Crippen LogP contribution in [0.3, 0.4) is 0 Å². The highest BCUT2D eigenvalue weighted by Gasteiger charge is 2.23. The van der Waals surface area contributed by atoms with E-state index in [2.05, 4.69) is 5.32 Å². The Kier molecular flexibility index (Phi) is 5.35. The van der Waals surface area contributed by atoms with Crippen LogP contribution in [0.25, 0.3) is 22.3 Å². The summed E-state index contributed by atoms with van der Waals surface area (Å²) in [5.74, 6) is 0.907. The predicted octanol–water partition coefficient (Wildman–Crippen LogP) is 1.51. The molecule has 0 unspecified atom stereocenters. The van der Waals surface area contributed by atoms with Crippen LogP contribution in [-0.4, -0.2) is 37.6 Å². The van der Waals surface area contributed by atoms with Crippen molar-refractivity contribution >= 4 is 35.1 Å². The van der Waals surface area contributed by atoms with E-state index < -0.39 is 13.0 Å². The Bertz CT molecular complexity index is 1380. The van der Waals surface area contributed by atoms with Gasteiger partial charge in [0.25, 0.3) is 0 Å². The van der Waals surface area contributed by atoms with Crippen molar-refractivity contribution in [1.82, 2.24) is 14.5 Å². The Hall–Kier alpha value is -3.69. The van der Waals surface area contributed by atoms with Gasteiger partial charge in [-0.25, -0.2) is 9.97 Å². The number of hydrogen-bond acceptors (Lipinski definition) is 6. The smallest absolute Gasteiger partial charge is 0.423 e. The van der Waals surface area contributed by atoms with Crippen molar-refractivity contribution in [3.8, 4) is 11.5 Å². The Balaban J connectivity index is 1.56. The Morgan fingerprint density at radius 1 is 1.15 bits per heavy atom. The lowest BCUT2D eigenvalue weighted by Gasteiger charge is -2.14. The van der Waals surface area contributed by atoms with E-state index in [9.17, 15) is 14.8 Å². The zero-order valence-corrected chi connectivity index (χ0v) is 18.2. The fourth-order valence-corrected chi connectivity index (χ4v) is 4.59. The average molecular weight is 441 g/mol. The summed E-state index contributed by atoms with van der Waals surface area (Å²) in [5, 5.41) is 24.0. The SMILES string of the molecule is Cn1cc2c(C(N)=O)cccc2c1-c1nc2c(c(NCc3cccc(B(O)O)c3)n1)CCC2. The topological polar surface area (TPSA) is 126 Å². The van der Waals surface area contributed by atoms with Gasteiger partial charge in [0.15, 0.2) is 5.82 Å². The van der Waals surface area contributed by atoms with Crippen molar-refractivity contribution in [3.05, 3.63) is 71.0 Å². The van der Waals surface area contributed by atoms with Crippen LogP contribution in [0, 0.1) is 0 Å². The van der Waals surface area contributed by atoms with E-state index in [1.807, 2.05) is 36.0 Å². The van der Waals surface area contributed by atoms with E-state index >= 15 is 0 Å². The van der Waals surface area contributed by atoms with Gasteiger partial charge < -0.3 is 25.7 Å². The van der Waals surface area contributed by atoms with Gasteiger partial charge in [-0.2, -0.15) is 0 Å². The molecule has 0 bridgehead atoms. The van der Waals surface area contributed by atoms with Gasteiger partial charge in [0.2, 0.25) is 5.91 Å². The standard InChI is InChI=1S/C24H24BN5O3/c1-30-13-19-16(7-3-8-17(19)22(26)31)21(30)24-28-20-10-4-9-18(20)23(29-24)27-12-14-5-2-6-15(11-14)25(32)33/h2-3,5-8,11,13,32-33H,4,9-10,12H2,1H3,(H2,26,31)(H,27,28,29). The van der Waals surface area contributed by atoms with Crippen molar-refractivity contribution in [2.24, 2.45) is 12.8 Å². The monoisotopic (exact) mass is 441 g/mol. The third-order valence-corrected chi connectivity index (χ3v) is 6.16. The van der Waals surface area contributed by atoms with Gasteiger partial charge in [-0.3, -0.25) is 4.79 Å². The van der Waals surface area contributed by atoms with Gasteiger partial charge in [-0.15, -0.1) is 0 Å². The van der Waals surface area contributed by atoms with Gasteiger partial charge in [0.05, 0.1) is 5.69 Å². The highest BCUT2D eigenvalue weighted by Crippen LogP contribution is 2.34. The fourth-order valence-electron chi connectivity index (χ4n) is 4.59. The summed E-state index contributed by atoms with van der Waals surface area (Å²) < 4.78 is 1.93. The van der Waals surface area contributed by atoms with Crippen molar-refractivity contribution in [3.63, 3.8) is 0 Å². The third-order valence-electron chi connectivity index (χ3n) is 6.16. The summed E-state index contributed by atoms with van der Waals surface area (Å²) in [7, 11) is 0.408. The second kappa shape index (κ2) is 8.34. The average Bonchev–Trinajstić information content (AvgIpc) is 3.40. The molecule has 9 heteroatoms. The molecule has 0 saturated carbocycles. The molecule has 1 aliphatic rings. The van der Waals surface area contributed by atoms with E-state index in [4.69, 9.17) is 15.7 Å². The van der Waals surface area contributed by atoms with Crippen LogP contribution in [0.5, 0.6) is 0 Å². The molecule has 5 rings (SSSR count). The number of amides is 1. The van der Waals surface area contributed by atoms with E-state index in [0.717, 1.165) is 58.4 Å². The molecule has 166 valence electrons. The summed E-state index contributed by atoms with van der Waals surface area (Å²) in [4.78, 5) is 21.7. The molecule has 2 heterocycles. The molecular weight excluding hydrogens is 417 g/mol. The molecule has 0 fully saturated rings. The van der Waals surface area contributed by atoms with Gasteiger partial charge in [-0.1, -0.05) is 36.4 Å². The maximum atomic E-state index is 11.9. The van der Waals surface area contributed by atoms with E-state index in [0.29, 0.717) is 23.4 Å². The second-order valence-corrected chi connectivity index (χ2v) is 8.37. The number of aryl methyl sites for hydroxylation is 2. The number of benzene rings is 2. The molecular formula is C24H24BN5O3. The first-order chi connectivity index (χ1) is 15.9. The Morgan fingerprint density at radius 3 is 2.76 bits per heavy atom. The van der Waals surface area contributed by atoms with Crippen LogP contribution in [0.15, 0.2) is 48.7 Å². The third kappa shape index (κ3) is 3.86. The van der Waals surface area contributed by atoms with Gasteiger partial charge in [-0.05, 0) is 36.4 Å². The summed E-state index contributed by atoms with van der Waals surface area (Å²) in [6.07, 6.45) is 4.71.